The van der Waals surface area contributed by atoms with Gasteiger partial charge in [-0.15, -0.1) is 0 Å². The standard InChI is InChI=1S/C8H6Cl2NO/c9-8(10,11-6-12)7-4-2-1-3-5-7/h1-5H,(H,11,12). The minimum Gasteiger partial charge on any atom is -0.313 e. The normalized spacial score (nSPS) is 10.8. The highest BCUT2D eigenvalue weighted by molar-refractivity contribution is 6.48. The summed E-state index contributed by atoms with van der Waals surface area (Å²) in [6, 6.07) is 8.81. The molecule has 0 bridgehead atoms. The molecule has 0 atom stereocenters. The maximum atomic E-state index is 9.99. The molecule has 0 aromatic heterocycles. The maximum Gasteiger partial charge on any atom is 0.311 e. The number of rotatable bonds is 3. The molecule has 0 aliphatic carbocycles. The van der Waals surface area contributed by atoms with Gasteiger partial charge >= 0.3 is 6.41 Å². The number of carbonyl (C=O) groups excluding carboxylic acids is 1. The van der Waals surface area contributed by atoms with Gasteiger partial charge in [-0.1, -0.05) is 53.5 Å². The summed E-state index contributed by atoms with van der Waals surface area (Å²) in [4.78, 5) is 9.99. The van der Waals surface area contributed by atoms with E-state index < -0.39 is 4.46 Å². The fourth-order valence-corrected chi connectivity index (χ4v) is 1.11. The second-order valence-corrected chi connectivity index (χ2v) is 3.49. The van der Waals surface area contributed by atoms with E-state index in [1.54, 1.807) is 24.3 Å². The SMILES string of the molecule is O=[C]NC(Cl)(Cl)c1ccccc1. The van der Waals surface area contributed by atoms with Gasteiger partial charge in [0.25, 0.3) is 0 Å². The van der Waals surface area contributed by atoms with E-state index in [1.807, 2.05) is 6.07 Å². The van der Waals surface area contributed by atoms with Crippen LogP contribution in [0.4, 0.5) is 0 Å². The lowest BCUT2D eigenvalue weighted by molar-refractivity contribution is 0.535. The minimum atomic E-state index is -1.39. The molecule has 4 heteroatoms. The number of hydrogen-bond acceptors (Lipinski definition) is 1. The van der Waals surface area contributed by atoms with Gasteiger partial charge in [0, 0.05) is 5.56 Å². The Morgan fingerprint density at radius 3 is 2.33 bits per heavy atom. The van der Waals surface area contributed by atoms with Crippen molar-refractivity contribution >= 4 is 29.6 Å². The molecule has 63 valence electrons. The molecule has 2 nitrogen and oxygen atoms in total. The van der Waals surface area contributed by atoms with Crippen molar-refractivity contribution < 1.29 is 4.79 Å². The third-order valence-corrected chi connectivity index (χ3v) is 1.97. The zero-order valence-corrected chi connectivity index (χ0v) is 7.56. The average molecular weight is 203 g/mol. The maximum absolute atomic E-state index is 9.99. The first kappa shape index (κ1) is 9.36. The van der Waals surface area contributed by atoms with Crippen LogP contribution in [0.2, 0.25) is 0 Å². The lowest BCUT2D eigenvalue weighted by Crippen LogP contribution is -2.29. The Morgan fingerprint density at radius 2 is 1.83 bits per heavy atom. The van der Waals surface area contributed by atoms with Crippen LogP contribution in [0.15, 0.2) is 30.3 Å². The molecule has 0 heterocycles. The Hall–Kier alpha value is -0.730. The number of hydrogen-bond donors (Lipinski definition) is 1. The van der Waals surface area contributed by atoms with Crippen LogP contribution in [0, 0.1) is 0 Å². The Labute approximate surface area is 80.5 Å². The van der Waals surface area contributed by atoms with Gasteiger partial charge in [0.1, 0.15) is 0 Å². The van der Waals surface area contributed by atoms with E-state index >= 15 is 0 Å². The molecule has 0 unspecified atom stereocenters. The number of amides is 1. The Bertz CT molecular complexity index is 261. The predicted octanol–water partition coefficient (Wildman–Crippen LogP) is 1.93. The summed E-state index contributed by atoms with van der Waals surface area (Å²) in [5.74, 6) is 0. The summed E-state index contributed by atoms with van der Waals surface area (Å²) in [5.41, 5.74) is 0.608. The topological polar surface area (TPSA) is 29.1 Å². The first-order valence-corrected chi connectivity index (χ1v) is 4.00. The zero-order valence-electron chi connectivity index (χ0n) is 6.05. The average Bonchev–Trinajstić information content (AvgIpc) is 2.06. The lowest BCUT2D eigenvalue weighted by Gasteiger charge is -2.17. The summed E-state index contributed by atoms with van der Waals surface area (Å²) >= 11 is 11.5. The van der Waals surface area contributed by atoms with Crippen LogP contribution in [0.5, 0.6) is 0 Å². The molecule has 0 aliphatic heterocycles. The highest BCUT2D eigenvalue weighted by Gasteiger charge is 2.24. The summed E-state index contributed by atoms with van der Waals surface area (Å²) in [5, 5.41) is 2.16. The molecular formula is C8H6Cl2NO. The van der Waals surface area contributed by atoms with Gasteiger partial charge in [0.2, 0.25) is 4.46 Å². The van der Waals surface area contributed by atoms with Crippen molar-refractivity contribution in [2.45, 2.75) is 4.46 Å². The molecule has 0 aliphatic rings. The van der Waals surface area contributed by atoms with E-state index in [4.69, 9.17) is 23.2 Å². The Morgan fingerprint density at radius 1 is 1.25 bits per heavy atom. The van der Waals surface area contributed by atoms with Crippen LogP contribution in [0.1, 0.15) is 5.56 Å². The van der Waals surface area contributed by atoms with Crippen LogP contribution in [0.25, 0.3) is 0 Å². The van der Waals surface area contributed by atoms with E-state index in [0.29, 0.717) is 5.56 Å². The van der Waals surface area contributed by atoms with Gasteiger partial charge in [-0.25, -0.2) is 0 Å². The summed E-state index contributed by atoms with van der Waals surface area (Å²) in [6.07, 6.45) is 1.44. The minimum absolute atomic E-state index is 0.608. The smallest absolute Gasteiger partial charge is 0.311 e. The lowest BCUT2D eigenvalue weighted by atomic mass is 10.2. The molecular weight excluding hydrogens is 197 g/mol. The van der Waals surface area contributed by atoms with E-state index in [-0.39, 0.29) is 0 Å². The summed E-state index contributed by atoms with van der Waals surface area (Å²) in [7, 11) is 0. The van der Waals surface area contributed by atoms with E-state index in [2.05, 4.69) is 5.32 Å². The van der Waals surface area contributed by atoms with Crippen molar-refractivity contribution in [2.75, 3.05) is 0 Å². The first-order chi connectivity index (χ1) is 5.67. The Kier molecular flexibility index (Phi) is 2.95. The third kappa shape index (κ3) is 2.13. The van der Waals surface area contributed by atoms with Crippen molar-refractivity contribution in [3.05, 3.63) is 35.9 Å². The summed E-state index contributed by atoms with van der Waals surface area (Å²) < 4.78 is -1.39. The number of nitrogens with one attached hydrogen (secondary N) is 1. The second-order valence-electron chi connectivity index (χ2n) is 2.17. The zero-order chi connectivity index (χ0) is 9.03. The van der Waals surface area contributed by atoms with Crippen molar-refractivity contribution in [1.82, 2.24) is 5.32 Å². The van der Waals surface area contributed by atoms with Crippen molar-refractivity contribution in [1.29, 1.82) is 0 Å². The molecule has 1 N–H and O–H groups in total. The van der Waals surface area contributed by atoms with E-state index in [0.717, 1.165) is 0 Å². The van der Waals surface area contributed by atoms with Crippen LogP contribution < -0.4 is 5.32 Å². The van der Waals surface area contributed by atoms with Crippen LogP contribution in [-0.2, 0) is 9.25 Å². The fraction of sp³-hybridized carbons (Fsp3) is 0.125. The monoisotopic (exact) mass is 202 g/mol. The van der Waals surface area contributed by atoms with E-state index in [1.165, 1.54) is 6.41 Å². The molecule has 12 heavy (non-hydrogen) atoms. The van der Waals surface area contributed by atoms with Crippen LogP contribution in [-0.4, -0.2) is 6.41 Å². The van der Waals surface area contributed by atoms with Crippen LogP contribution in [0.3, 0.4) is 0 Å². The molecule has 1 rings (SSSR count). The molecule has 0 saturated carbocycles. The van der Waals surface area contributed by atoms with Crippen LogP contribution >= 0.6 is 23.2 Å². The van der Waals surface area contributed by atoms with Gasteiger partial charge in [-0.2, -0.15) is 0 Å². The number of benzene rings is 1. The highest BCUT2D eigenvalue weighted by atomic mass is 35.5. The molecule has 0 spiro atoms. The van der Waals surface area contributed by atoms with Gasteiger partial charge in [0.05, 0.1) is 0 Å². The van der Waals surface area contributed by atoms with Crippen molar-refractivity contribution in [2.24, 2.45) is 0 Å². The van der Waals surface area contributed by atoms with Gasteiger partial charge in [0.15, 0.2) is 0 Å². The van der Waals surface area contributed by atoms with Crippen molar-refractivity contribution in [3.8, 4) is 0 Å². The molecule has 0 saturated heterocycles. The first-order valence-electron chi connectivity index (χ1n) is 3.24. The van der Waals surface area contributed by atoms with Crippen molar-refractivity contribution in [3.63, 3.8) is 0 Å². The third-order valence-electron chi connectivity index (χ3n) is 1.34. The second kappa shape index (κ2) is 3.78. The predicted molar refractivity (Wildman–Crippen MR) is 48.7 cm³/mol. The quantitative estimate of drug-likeness (QED) is 0.454. The molecule has 1 aromatic rings. The Balaban J connectivity index is 2.89. The number of halogens is 2. The van der Waals surface area contributed by atoms with Gasteiger partial charge < -0.3 is 5.32 Å². The molecule has 1 aromatic carbocycles. The number of alkyl halides is 2. The highest BCUT2D eigenvalue weighted by Crippen LogP contribution is 2.29. The molecule has 1 radical (unpaired) electrons. The van der Waals surface area contributed by atoms with Gasteiger partial charge in [-0.3, -0.25) is 4.79 Å². The van der Waals surface area contributed by atoms with E-state index in [9.17, 15) is 4.79 Å². The molecule has 0 fully saturated rings. The van der Waals surface area contributed by atoms with Gasteiger partial charge in [-0.05, 0) is 0 Å². The fourth-order valence-electron chi connectivity index (χ4n) is 0.784. The summed E-state index contributed by atoms with van der Waals surface area (Å²) in [6.45, 7) is 0. The molecule has 1 amide bonds. The largest absolute Gasteiger partial charge is 0.313 e.